The van der Waals surface area contributed by atoms with E-state index in [-0.39, 0.29) is 12.1 Å². The Kier molecular flexibility index (Phi) is 2.90. The number of aromatic nitrogens is 2. The molecular formula is C9H14N4O. The largest absolute Gasteiger partial charge is 0.378 e. The summed E-state index contributed by atoms with van der Waals surface area (Å²) >= 11 is 0. The molecule has 1 aromatic rings. The fourth-order valence-electron chi connectivity index (χ4n) is 1.61. The third-order valence-electron chi connectivity index (χ3n) is 2.38. The van der Waals surface area contributed by atoms with Crippen molar-refractivity contribution in [1.82, 2.24) is 15.3 Å². The van der Waals surface area contributed by atoms with Gasteiger partial charge in [-0.05, 0) is 6.07 Å². The molecule has 2 heterocycles. The number of hydrogen-bond acceptors (Lipinski definition) is 5. The van der Waals surface area contributed by atoms with Crippen LogP contribution < -0.4 is 10.6 Å². The molecule has 0 radical (unpaired) electrons. The van der Waals surface area contributed by atoms with Crippen LogP contribution >= 0.6 is 0 Å². The zero-order valence-electron chi connectivity index (χ0n) is 8.10. The van der Waals surface area contributed by atoms with Crippen LogP contribution in [0.25, 0.3) is 0 Å². The van der Waals surface area contributed by atoms with Gasteiger partial charge in [-0.3, -0.25) is 0 Å². The van der Waals surface area contributed by atoms with Crippen LogP contribution in [0.15, 0.2) is 18.6 Å². The molecule has 0 spiro atoms. The molecule has 0 amide bonds. The van der Waals surface area contributed by atoms with Crippen molar-refractivity contribution >= 4 is 5.82 Å². The summed E-state index contributed by atoms with van der Waals surface area (Å²) in [5.74, 6) is 0.843. The van der Waals surface area contributed by atoms with Crippen LogP contribution in [0.5, 0.6) is 0 Å². The molecule has 0 aromatic carbocycles. The van der Waals surface area contributed by atoms with Gasteiger partial charge in [0.25, 0.3) is 0 Å². The highest BCUT2D eigenvalue weighted by Gasteiger charge is 2.26. The molecule has 1 aliphatic rings. The number of nitrogens with zero attached hydrogens (tertiary/aromatic N) is 2. The summed E-state index contributed by atoms with van der Waals surface area (Å²) in [7, 11) is 1.73. The van der Waals surface area contributed by atoms with Crippen LogP contribution in [0, 0.1) is 0 Å². The first-order chi connectivity index (χ1) is 6.90. The molecule has 5 nitrogen and oxygen atoms in total. The molecule has 1 aliphatic heterocycles. The van der Waals surface area contributed by atoms with Gasteiger partial charge in [-0.25, -0.2) is 9.97 Å². The monoisotopic (exact) mass is 194 g/mol. The SMILES string of the molecule is COC1CNCC1Nc1ccncn1. The van der Waals surface area contributed by atoms with E-state index in [0.29, 0.717) is 0 Å². The van der Waals surface area contributed by atoms with Crippen molar-refractivity contribution in [3.05, 3.63) is 18.6 Å². The third-order valence-corrected chi connectivity index (χ3v) is 2.38. The lowest BCUT2D eigenvalue weighted by atomic mass is 10.2. The number of hydrogen-bond donors (Lipinski definition) is 2. The molecule has 5 heteroatoms. The Balaban J connectivity index is 1.97. The summed E-state index contributed by atoms with van der Waals surface area (Å²) in [4.78, 5) is 7.97. The number of ether oxygens (including phenoxy) is 1. The lowest BCUT2D eigenvalue weighted by molar-refractivity contribution is 0.111. The van der Waals surface area contributed by atoms with Gasteiger partial charge in [0, 0.05) is 26.4 Å². The maximum atomic E-state index is 5.33. The highest BCUT2D eigenvalue weighted by Crippen LogP contribution is 2.09. The summed E-state index contributed by atoms with van der Waals surface area (Å²) in [6.07, 6.45) is 3.47. The Hall–Kier alpha value is -1.20. The quantitative estimate of drug-likeness (QED) is 0.702. The Labute approximate surface area is 82.9 Å². The number of rotatable bonds is 3. The Bertz CT molecular complexity index is 279. The standard InChI is InChI=1S/C9H14N4O/c1-14-8-5-11-4-7(8)13-9-2-3-10-6-12-9/h2-3,6-8,11H,4-5H2,1H3,(H,10,12,13). The average Bonchev–Trinajstić information content (AvgIpc) is 2.67. The van der Waals surface area contributed by atoms with E-state index in [9.17, 15) is 0 Å². The fraction of sp³-hybridized carbons (Fsp3) is 0.556. The van der Waals surface area contributed by atoms with E-state index < -0.39 is 0 Å². The fourth-order valence-corrected chi connectivity index (χ4v) is 1.61. The topological polar surface area (TPSA) is 59.1 Å². The predicted octanol–water partition coefficient (Wildman–Crippen LogP) is -0.125. The van der Waals surface area contributed by atoms with Crippen molar-refractivity contribution in [2.45, 2.75) is 12.1 Å². The van der Waals surface area contributed by atoms with Gasteiger partial charge in [-0.15, -0.1) is 0 Å². The predicted molar refractivity (Wildman–Crippen MR) is 53.1 cm³/mol. The highest BCUT2D eigenvalue weighted by atomic mass is 16.5. The molecule has 1 fully saturated rings. The summed E-state index contributed by atoms with van der Waals surface area (Å²) < 4.78 is 5.33. The number of methoxy groups -OCH3 is 1. The van der Waals surface area contributed by atoms with Gasteiger partial charge in [0.1, 0.15) is 12.1 Å². The molecule has 0 bridgehead atoms. The van der Waals surface area contributed by atoms with Gasteiger partial charge >= 0.3 is 0 Å². The van der Waals surface area contributed by atoms with E-state index in [1.807, 2.05) is 6.07 Å². The molecule has 14 heavy (non-hydrogen) atoms. The van der Waals surface area contributed by atoms with Crippen LogP contribution in [-0.4, -0.2) is 42.3 Å². The van der Waals surface area contributed by atoms with Crippen LogP contribution in [0.2, 0.25) is 0 Å². The second kappa shape index (κ2) is 4.34. The lowest BCUT2D eigenvalue weighted by Gasteiger charge is -2.18. The van der Waals surface area contributed by atoms with E-state index >= 15 is 0 Å². The third kappa shape index (κ3) is 2.00. The Morgan fingerprint density at radius 1 is 1.57 bits per heavy atom. The van der Waals surface area contributed by atoms with Crippen molar-refractivity contribution in [2.24, 2.45) is 0 Å². The maximum Gasteiger partial charge on any atom is 0.129 e. The summed E-state index contributed by atoms with van der Waals surface area (Å²) in [5.41, 5.74) is 0. The second-order valence-corrected chi connectivity index (χ2v) is 3.28. The van der Waals surface area contributed by atoms with Crippen molar-refractivity contribution in [1.29, 1.82) is 0 Å². The molecule has 2 rings (SSSR count). The van der Waals surface area contributed by atoms with Gasteiger partial charge in [-0.2, -0.15) is 0 Å². The lowest BCUT2D eigenvalue weighted by Crippen LogP contribution is -2.33. The summed E-state index contributed by atoms with van der Waals surface area (Å²) in [5, 5.41) is 6.57. The van der Waals surface area contributed by atoms with Gasteiger partial charge in [0.2, 0.25) is 0 Å². The first-order valence-electron chi connectivity index (χ1n) is 4.66. The first kappa shape index (κ1) is 9.36. The van der Waals surface area contributed by atoms with Gasteiger partial charge < -0.3 is 15.4 Å². The average molecular weight is 194 g/mol. The summed E-state index contributed by atoms with van der Waals surface area (Å²) in [6, 6.07) is 2.14. The zero-order chi connectivity index (χ0) is 9.80. The summed E-state index contributed by atoms with van der Waals surface area (Å²) in [6.45, 7) is 1.79. The van der Waals surface area contributed by atoms with Crippen LogP contribution in [0.1, 0.15) is 0 Å². The van der Waals surface area contributed by atoms with Gasteiger partial charge in [0.15, 0.2) is 0 Å². The Morgan fingerprint density at radius 2 is 2.50 bits per heavy atom. The molecule has 1 aromatic heterocycles. The van der Waals surface area contributed by atoms with Crippen molar-refractivity contribution in [2.75, 3.05) is 25.5 Å². The van der Waals surface area contributed by atoms with E-state index in [4.69, 9.17) is 4.74 Å². The van der Waals surface area contributed by atoms with Gasteiger partial charge in [-0.1, -0.05) is 0 Å². The first-order valence-corrected chi connectivity index (χ1v) is 4.66. The second-order valence-electron chi connectivity index (χ2n) is 3.28. The molecule has 2 N–H and O–H groups in total. The Morgan fingerprint density at radius 3 is 3.21 bits per heavy atom. The normalized spacial score (nSPS) is 26.4. The molecule has 2 atom stereocenters. The molecule has 0 aliphatic carbocycles. The van der Waals surface area contributed by atoms with Crippen molar-refractivity contribution in [3.8, 4) is 0 Å². The minimum absolute atomic E-state index is 0.213. The highest BCUT2D eigenvalue weighted by molar-refractivity contribution is 5.34. The van der Waals surface area contributed by atoms with E-state index in [1.54, 1.807) is 13.3 Å². The van der Waals surface area contributed by atoms with Crippen molar-refractivity contribution in [3.63, 3.8) is 0 Å². The molecule has 1 saturated heterocycles. The minimum Gasteiger partial charge on any atom is -0.378 e. The zero-order valence-corrected chi connectivity index (χ0v) is 8.10. The van der Waals surface area contributed by atoms with E-state index in [1.165, 1.54) is 6.33 Å². The molecular weight excluding hydrogens is 180 g/mol. The van der Waals surface area contributed by atoms with Crippen LogP contribution in [-0.2, 0) is 4.74 Å². The smallest absolute Gasteiger partial charge is 0.129 e. The molecule has 0 saturated carbocycles. The number of nitrogens with one attached hydrogen (secondary N) is 2. The maximum absolute atomic E-state index is 5.33. The van der Waals surface area contributed by atoms with E-state index in [0.717, 1.165) is 18.9 Å². The minimum atomic E-state index is 0.213. The van der Waals surface area contributed by atoms with Gasteiger partial charge in [0.05, 0.1) is 12.1 Å². The van der Waals surface area contributed by atoms with E-state index in [2.05, 4.69) is 20.6 Å². The molecule has 2 unspecified atom stereocenters. The number of anilines is 1. The molecule has 76 valence electrons. The van der Waals surface area contributed by atoms with Crippen LogP contribution in [0.3, 0.4) is 0 Å². The van der Waals surface area contributed by atoms with Crippen LogP contribution in [0.4, 0.5) is 5.82 Å². The van der Waals surface area contributed by atoms with Crippen molar-refractivity contribution < 1.29 is 4.74 Å².